The van der Waals surface area contributed by atoms with Crippen LogP contribution in [0.2, 0.25) is 0 Å². The highest BCUT2D eigenvalue weighted by Gasteiger charge is 2.40. The summed E-state index contributed by atoms with van der Waals surface area (Å²) in [5, 5.41) is 0. The number of carbonyl (C=O) groups is 1. The molecule has 3 rings (SSSR count). The molecule has 10 heteroatoms. The van der Waals surface area contributed by atoms with Crippen molar-refractivity contribution in [2.45, 2.75) is 37.3 Å². The van der Waals surface area contributed by atoms with E-state index >= 15 is 0 Å². The van der Waals surface area contributed by atoms with Crippen LogP contribution in [0.25, 0.3) is 0 Å². The lowest BCUT2D eigenvalue weighted by molar-refractivity contribution is -0.147. The fourth-order valence-corrected chi connectivity index (χ4v) is 5.10. The smallest absolute Gasteiger partial charge is 0.266 e. The van der Waals surface area contributed by atoms with Gasteiger partial charge in [-0.3, -0.25) is 4.79 Å². The number of hydrogen-bond acceptors (Lipinski definition) is 4. The number of ether oxygens (including phenoxy) is 1. The van der Waals surface area contributed by atoms with E-state index in [9.17, 15) is 26.4 Å². The number of benzene rings is 2. The lowest BCUT2D eigenvalue weighted by Crippen LogP contribution is -2.59. The maximum absolute atomic E-state index is 13.4. The minimum atomic E-state index is -3.85. The SMILES string of the molecule is CC1CN(C(=O)C(C)(C)Oc2ccc(F)c(F)c2)CCN1S(=O)(=O)c1ccc(F)cc1. The topological polar surface area (TPSA) is 66.9 Å². The Morgan fingerprint density at radius 2 is 1.68 bits per heavy atom. The van der Waals surface area contributed by atoms with Crippen LogP contribution in [0.1, 0.15) is 20.8 Å². The Hall–Kier alpha value is -2.59. The van der Waals surface area contributed by atoms with Crippen molar-refractivity contribution in [1.82, 2.24) is 9.21 Å². The van der Waals surface area contributed by atoms with Gasteiger partial charge in [0, 0.05) is 31.7 Å². The lowest BCUT2D eigenvalue weighted by Gasteiger charge is -2.41. The van der Waals surface area contributed by atoms with E-state index < -0.39 is 45.0 Å². The molecule has 6 nitrogen and oxygen atoms in total. The van der Waals surface area contributed by atoms with Crippen LogP contribution in [0.4, 0.5) is 13.2 Å². The molecule has 0 bridgehead atoms. The average Bonchev–Trinajstić information content (AvgIpc) is 2.70. The molecule has 168 valence electrons. The summed E-state index contributed by atoms with van der Waals surface area (Å²) in [6.07, 6.45) is 0. The quantitative estimate of drug-likeness (QED) is 0.693. The van der Waals surface area contributed by atoms with E-state index in [-0.39, 0.29) is 30.3 Å². The molecule has 1 unspecified atom stereocenters. The van der Waals surface area contributed by atoms with Crippen molar-refractivity contribution < 1.29 is 31.1 Å². The molecular weight excluding hydrogens is 433 g/mol. The first-order valence-electron chi connectivity index (χ1n) is 9.62. The molecule has 0 aromatic heterocycles. The molecule has 1 aliphatic heterocycles. The number of carbonyl (C=O) groups excluding carboxylic acids is 1. The van der Waals surface area contributed by atoms with Gasteiger partial charge in [0.05, 0.1) is 4.90 Å². The summed E-state index contributed by atoms with van der Waals surface area (Å²) in [5.74, 6) is -3.06. The second kappa shape index (κ2) is 8.51. The van der Waals surface area contributed by atoms with Gasteiger partial charge >= 0.3 is 0 Å². The van der Waals surface area contributed by atoms with Crippen molar-refractivity contribution in [1.29, 1.82) is 0 Å². The minimum Gasteiger partial charge on any atom is -0.478 e. The van der Waals surface area contributed by atoms with Crippen molar-refractivity contribution in [3.05, 3.63) is 59.9 Å². The second-order valence-electron chi connectivity index (χ2n) is 7.86. The zero-order valence-electron chi connectivity index (χ0n) is 17.3. The zero-order valence-corrected chi connectivity index (χ0v) is 18.1. The third-order valence-electron chi connectivity index (χ3n) is 5.05. The molecule has 1 fully saturated rings. The number of sulfonamides is 1. The summed E-state index contributed by atoms with van der Waals surface area (Å²) >= 11 is 0. The Bertz CT molecular complexity index is 1070. The van der Waals surface area contributed by atoms with Crippen molar-refractivity contribution >= 4 is 15.9 Å². The second-order valence-corrected chi connectivity index (χ2v) is 9.75. The van der Waals surface area contributed by atoms with Gasteiger partial charge in [0.25, 0.3) is 5.91 Å². The molecule has 1 saturated heterocycles. The summed E-state index contributed by atoms with van der Waals surface area (Å²) in [4.78, 5) is 14.5. The van der Waals surface area contributed by atoms with Crippen molar-refractivity contribution in [3.63, 3.8) is 0 Å². The number of amides is 1. The van der Waals surface area contributed by atoms with Gasteiger partial charge in [-0.25, -0.2) is 21.6 Å². The summed E-state index contributed by atoms with van der Waals surface area (Å²) < 4.78 is 72.4. The molecule has 1 aliphatic rings. The molecule has 0 radical (unpaired) electrons. The van der Waals surface area contributed by atoms with Crippen LogP contribution in [0, 0.1) is 17.5 Å². The van der Waals surface area contributed by atoms with Crippen LogP contribution in [0.3, 0.4) is 0 Å². The van der Waals surface area contributed by atoms with E-state index in [1.54, 1.807) is 6.92 Å². The zero-order chi connectivity index (χ0) is 23.0. The minimum absolute atomic E-state index is 0.00261. The van der Waals surface area contributed by atoms with Gasteiger partial charge in [-0.15, -0.1) is 0 Å². The molecule has 0 aliphatic carbocycles. The maximum Gasteiger partial charge on any atom is 0.266 e. The standard InChI is InChI=1S/C21H23F3N2O4S/c1-14-13-25(10-11-26(14)31(28,29)17-7-4-15(22)5-8-17)20(27)21(2,3)30-16-6-9-18(23)19(24)12-16/h4-9,12,14H,10-11,13H2,1-3H3. The van der Waals surface area contributed by atoms with Gasteiger partial charge in [0.2, 0.25) is 10.0 Å². The van der Waals surface area contributed by atoms with E-state index in [0.717, 1.165) is 24.3 Å². The maximum atomic E-state index is 13.4. The normalized spacial score (nSPS) is 18.1. The van der Waals surface area contributed by atoms with E-state index in [4.69, 9.17) is 4.74 Å². The van der Waals surface area contributed by atoms with Crippen LogP contribution in [0.5, 0.6) is 5.75 Å². The van der Waals surface area contributed by atoms with E-state index in [1.807, 2.05) is 0 Å². The summed E-state index contributed by atoms with van der Waals surface area (Å²) in [5.41, 5.74) is -1.39. The van der Waals surface area contributed by atoms with Crippen molar-refractivity contribution in [2.75, 3.05) is 19.6 Å². The first-order chi connectivity index (χ1) is 14.4. The van der Waals surface area contributed by atoms with E-state index in [0.29, 0.717) is 0 Å². The molecule has 0 spiro atoms. The van der Waals surface area contributed by atoms with Gasteiger partial charge < -0.3 is 9.64 Å². The van der Waals surface area contributed by atoms with Crippen LogP contribution in [-0.2, 0) is 14.8 Å². The van der Waals surface area contributed by atoms with Crippen LogP contribution < -0.4 is 4.74 Å². The summed E-state index contributed by atoms with van der Waals surface area (Å²) in [6.45, 7) is 4.96. The molecule has 31 heavy (non-hydrogen) atoms. The summed E-state index contributed by atoms with van der Waals surface area (Å²) in [6, 6.07) is 7.02. The highest BCUT2D eigenvalue weighted by atomic mass is 32.2. The molecule has 1 heterocycles. The number of hydrogen-bond donors (Lipinski definition) is 0. The van der Waals surface area contributed by atoms with Crippen LogP contribution in [-0.4, -0.2) is 54.8 Å². The third-order valence-corrected chi connectivity index (χ3v) is 7.08. The molecule has 2 aromatic carbocycles. The highest BCUT2D eigenvalue weighted by Crippen LogP contribution is 2.26. The Labute approximate surface area is 179 Å². The monoisotopic (exact) mass is 456 g/mol. The van der Waals surface area contributed by atoms with Gasteiger partial charge in [0.1, 0.15) is 11.6 Å². The van der Waals surface area contributed by atoms with Crippen molar-refractivity contribution in [2.24, 2.45) is 0 Å². The molecule has 2 aromatic rings. The van der Waals surface area contributed by atoms with Crippen LogP contribution in [0.15, 0.2) is 47.4 Å². The Morgan fingerprint density at radius 3 is 2.26 bits per heavy atom. The molecule has 0 N–H and O–H groups in total. The number of halogens is 3. The highest BCUT2D eigenvalue weighted by molar-refractivity contribution is 7.89. The fourth-order valence-electron chi connectivity index (χ4n) is 3.48. The number of nitrogens with zero attached hydrogens (tertiary/aromatic N) is 2. The Balaban J connectivity index is 1.71. The first-order valence-corrected chi connectivity index (χ1v) is 11.1. The van der Waals surface area contributed by atoms with Gasteiger partial charge in [-0.1, -0.05) is 0 Å². The number of rotatable bonds is 5. The first kappa shape index (κ1) is 23.1. The lowest BCUT2D eigenvalue weighted by atomic mass is 10.1. The van der Waals surface area contributed by atoms with Crippen molar-refractivity contribution in [3.8, 4) is 5.75 Å². The molecule has 1 amide bonds. The molecule has 1 atom stereocenters. The Kier molecular flexibility index (Phi) is 6.33. The predicted molar refractivity (Wildman–Crippen MR) is 107 cm³/mol. The average molecular weight is 456 g/mol. The van der Waals surface area contributed by atoms with Crippen LogP contribution >= 0.6 is 0 Å². The van der Waals surface area contributed by atoms with Gasteiger partial charge in [0.15, 0.2) is 17.2 Å². The third kappa shape index (κ3) is 4.85. The largest absolute Gasteiger partial charge is 0.478 e. The molecule has 0 saturated carbocycles. The fraction of sp³-hybridized carbons (Fsp3) is 0.381. The van der Waals surface area contributed by atoms with E-state index in [2.05, 4.69) is 0 Å². The Morgan fingerprint density at radius 1 is 1.03 bits per heavy atom. The number of piperazine rings is 1. The predicted octanol–water partition coefficient (Wildman–Crippen LogP) is 3.18. The molecular formula is C21H23F3N2O4S. The summed E-state index contributed by atoms with van der Waals surface area (Å²) in [7, 11) is -3.85. The van der Waals surface area contributed by atoms with Gasteiger partial charge in [-0.2, -0.15) is 4.31 Å². The van der Waals surface area contributed by atoms with E-state index in [1.165, 1.54) is 41.3 Å². The van der Waals surface area contributed by atoms with Gasteiger partial charge in [-0.05, 0) is 57.2 Å².